The first-order valence-corrected chi connectivity index (χ1v) is 5.99. The summed E-state index contributed by atoms with van der Waals surface area (Å²) in [5.41, 5.74) is 2.70. The third-order valence-electron chi connectivity index (χ3n) is 2.31. The lowest BCUT2D eigenvalue weighted by Crippen LogP contribution is -2.25. The second-order valence-corrected chi connectivity index (χ2v) is 5.45. The Bertz CT molecular complexity index is 323. The minimum absolute atomic E-state index is 0.649. The Labute approximate surface area is 89.5 Å². The number of aromatic nitrogens is 1. The Morgan fingerprint density at radius 3 is 3.14 bits per heavy atom. The molecule has 1 N–H and O–H groups in total. The first kappa shape index (κ1) is 9.99. The predicted molar refractivity (Wildman–Crippen MR) is 60.6 cm³/mol. The van der Waals surface area contributed by atoms with Gasteiger partial charge in [0.1, 0.15) is 0 Å². The number of hydrogen-bond donors (Lipinski definition) is 1. The van der Waals surface area contributed by atoms with E-state index in [0.717, 1.165) is 19.5 Å². The fourth-order valence-electron chi connectivity index (χ4n) is 1.72. The molecule has 2 nitrogen and oxygen atoms in total. The van der Waals surface area contributed by atoms with Crippen molar-refractivity contribution in [2.75, 3.05) is 6.54 Å². The highest BCUT2D eigenvalue weighted by Crippen LogP contribution is 2.29. The van der Waals surface area contributed by atoms with Crippen LogP contribution in [0.1, 0.15) is 25.1 Å². The third kappa shape index (κ3) is 2.10. The highest BCUT2D eigenvalue weighted by molar-refractivity contribution is 8.00. The van der Waals surface area contributed by atoms with Crippen LogP contribution >= 0.6 is 11.8 Å². The molecule has 0 saturated carbocycles. The molecule has 0 aliphatic carbocycles. The van der Waals surface area contributed by atoms with Crippen molar-refractivity contribution in [2.45, 2.75) is 37.0 Å². The molecule has 3 heteroatoms. The minimum atomic E-state index is 0.649. The van der Waals surface area contributed by atoms with E-state index in [4.69, 9.17) is 0 Å². The van der Waals surface area contributed by atoms with Gasteiger partial charge in [-0.15, -0.1) is 11.8 Å². The number of rotatable bonds is 2. The van der Waals surface area contributed by atoms with Gasteiger partial charge in [-0.1, -0.05) is 13.8 Å². The van der Waals surface area contributed by atoms with E-state index in [1.165, 1.54) is 16.2 Å². The predicted octanol–water partition coefficient (Wildman–Crippen LogP) is 2.23. The molecule has 2 heterocycles. The van der Waals surface area contributed by atoms with Crippen molar-refractivity contribution < 1.29 is 0 Å². The highest BCUT2D eigenvalue weighted by Gasteiger charge is 2.14. The van der Waals surface area contributed by atoms with Crippen LogP contribution in [0.15, 0.2) is 17.2 Å². The largest absolute Gasteiger partial charge is 0.311 e. The maximum atomic E-state index is 4.41. The monoisotopic (exact) mass is 208 g/mol. The lowest BCUT2D eigenvalue weighted by molar-refractivity contribution is 0.619. The molecule has 0 amide bonds. The molecule has 1 aliphatic heterocycles. The smallest absolute Gasteiger partial charge is 0.0585 e. The zero-order valence-electron chi connectivity index (χ0n) is 8.71. The third-order valence-corrected chi connectivity index (χ3v) is 3.42. The van der Waals surface area contributed by atoms with Crippen LogP contribution in [0, 0.1) is 0 Å². The summed E-state index contributed by atoms with van der Waals surface area (Å²) < 4.78 is 0. The van der Waals surface area contributed by atoms with Gasteiger partial charge in [-0.25, -0.2) is 0 Å². The summed E-state index contributed by atoms with van der Waals surface area (Å²) in [5.74, 6) is 0. The topological polar surface area (TPSA) is 24.9 Å². The lowest BCUT2D eigenvalue weighted by atomic mass is 10.1. The number of pyridine rings is 1. The summed E-state index contributed by atoms with van der Waals surface area (Å²) >= 11 is 1.95. The van der Waals surface area contributed by atoms with Gasteiger partial charge in [-0.2, -0.15) is 0 Å². The zero-order valence-corrected chi connectivity index (χ0v) is 9.53. The first-order chi connectivity index (χ1) is 6.77. The summed E-state index contributed by atoms with van der Waals surface area (Å²) in [4.78, 5) is 5.83. The maximum Gasteiger partial charge on any atom is 0.0585 e. The molecule has 0 unspecified atom stereocenters. The van der Waals surface area contributed by atoms with Gasteiger partial charge < -0.3 is 5.32 Å². The molecule has 0 atom stereocenters. The molecule has 1 aromatic heterocycles. The van der Waals surface area contributed by atoms with Crippen molar-refractivity contribution in [1.29, 1.82) is 0 Å². The van der Waals surface area contributed by atoms with Crippen molar-refractivity contribution in [3.8, 4) is 0 Å². The Kier molecular flexibility index (Phi) is 3.08. The summed E-state index contributed by atoms with van der Waals surface area (Å²) in [6.07, 6.45) is 3.05. The molecule has 0 fully saturated rings. The Balaban J connectivity index is 2.30. The molecule has 14 heavy (non-hydrogen) atoms. The van der Waals surface area contributed by atoms with Crippen LogP contribution in [0.3, 0.4) is 0 Å². The SMILES string of the molecule is CC(C)Sc1ccnc2c1CCNC2. The van der Waals surface area contributed by atoms with E-state index in [-0.39, 0.29) is 0 Å². The summed E-state index contributed by atoms with van der Waals surface area (Å²) in [7, 11) is 0. The normalized spacial score (nSPS) is 15.6. The molecule has 0 saturated heterocycles. The van der Waals surface area contributed by atoms with Crippen LogP contribution in [0.2, 0.25) is 0 Å². The number of nitrogens with zero attached hydrogens (tertiary/aromatic N) is 1. The van der Waals surface area contributed by atoms with Crippen molar-refractivity contribution in [1.82, 2.24) is 10.3 Å². The Morgan fingerprint density at radius 1 is 1.50 bits per heavy atom. The fourth-order valence-corrected chi connectivity index (χ4v) is 2.73. The molecular weight excluding hydrogens is 192 g/mol. The van der Waals surface area contributed by atoms with Crippen molar-refractivity contribution >= 4 is 11.8 Å². The number of thioether (sulfide) groups is 1. The number of hydrogen-bond acceptors (Lipinski definition) is 3. The Morgan fingerprint density at radius 2 is 2.36 bits per heavy atom. The van der Waals surface area contributed by atoms with Gasteiger partial charge in [-0.05, 0) is 24.6 Å². The van der Waals surface area contributed by atoms with Crippen LogP contribution in [-0.4, -0.2) is 16.8 Å². The van der Waals surface area contributed by atoms with Crippen LogP contribution in [0.4, 0.5) is 0 Å². The molecule has 76 valence electrons. The first-order valence-electron chi connectivity index (χ1n) is 5.11. The highest BCUT2D eigenvalue weighted by atomic mass is 32.2. The molecule has 1 aliphatic rings. The lowest BCUT2D eigenvalue weighted by Gasteiger charge is -2.19. The number of fused-ring (bicyclic) bond motifs is 1. The van der Waals surface area contributed by atoms with E-state index in [0.29, 0.717) is 5.25 Å². The van der Waals surface area contributed by atoms with E-state index in [1.54, 1.807) is 0 Å². The molecule has 0 aromatic carbocycles. The van der Waals surface area contributed by atoms with E-state index in [1.807, 2.05) is 18.0 Å². The van der Waals surface area contributed by atoms with Gasteiger partial charge >= 0.3 is 0 Å². The molecular formula is C11H16N2S. The second kappa shape index (κ2) is 4.32. The second-order valence-electron chi connectivity index (χ2n) is 3.83. The quantitative estimate of drug-likeness (QED) is 0.754. The van der Waals surface area contributed by atoms with Crippen molar-refractivity contribution in [3.05, 3.63) is 23.5 Å². The van der Waals surface area contributed by atoms with Gasteiger partial charge in [0.05, 0.1) is 5.69 Å². The average Bonchev–Trinajstić information content (AvgIpc) is 2.18. The van der Waals surface area contributed by atoms with E-state index in [9.17, 15) is 0 Å². The summed E-state index contributed by atoms with van der Waals surface area (Å²) in [6, 6.07) is 2.15. The van der Waals surface area contributed by atoms with Gasteiger partial charge in [-0.3, -0.25) is 4.98 Å². The number of nitrogens with one attached hydrogen (secondary N) is 1. The molecule has 0 radical (unpaired) electrons. The zero-order chi connectivity index (χ0) is 9.97. The minimum Gasteiger partial charge on any atom is -0.311 e. The van der Waals surface area contributed by atoms with Gasteiger partial charge in [0.25, 0.3) is 0 Å². The molecule has 1 aromatic rings. The van der Waals surface area contributed by atoms with Gasteiger partial charge in [0, 0.05) is 22.9 Å². The van der Waals surface area contributed by atoms with Crippen LogP contribution < -0.4 is 5.32 Å². The maximum absolute atomic E-state index is 4.41. The van der Waals surface area contributed by atoms with E-state index < -0.39 is 0 Å². The van der Waals surface area contributed by atoms with E-state index in [2.05, 4.69) is 30.2 Å². The van der Waals surface area contributed by atoms with Crippen molar-refractivity contribution in [3.63, 3.8) is 0 Å². The average molecular weight is 208 g/mol. The standard InChI is InChI=1S/C11H16N2S/c1-8(2)14-11-4-6-13-10-7-12-5-3-9(10)11/h4,6,8,12H,3,5,7H2,1-2H3. The van der Waals surface area contributed by atoms with Gasteiger partial charge in [0.2, 0.25) is 0 Å². The fraction of sp³-hybridized carbons (Fsp3) is 0.545. The Hall–Kier alpha value is -0.540. The van der Waals surface area contributed by atoms with Crippen molar-refractivity contribution in [2.24, 2.45) is 0 Å². The molecule has 0 bridgehead atoms. The molecule has 2 rings (SSSR count). The molecule has 0 spiro atoms. The summed E-state index contributed by atoms with van der Waals surface area (Å²) in [5, 5.41) is 4.00. The van der Waals surface area contributed by atoms with Crippen LogP contribution in [0.25, 0.3) is 0 Å². The summed E-state index contributed by atoms with van der Waals surface area (Å²) in [6.45, 7) is 6.49. The van der Waals surface area contributed by atoms with Crippen LogP contribution in [-0.2, 0) is 13.0 Å². The van der Waals surface area contributed by atoms with Crippen LogP contribution in [0.5, 0.6) is 0 Å². The van der Waals surface area contributed by atoms with E-state index >= 15 is 0 Å². The van der Waals surface area contributed by atoms with Gasteiger partial charge in [0.15, 0.2) is 0 Å².